The van der Waals surface area contributed by atoms with Crippen LogP contribution >= 0.6 is 22.6 Å². The zero-order valence-electron chi connectivity index (χ0n) is 15.0. The molecule has 2 rings (SSSR count). The quantitative estimate of drug-likeness (QED) is 0.679. The minimum absolute atomic E-state index is 0.0141. The molecule has 1 aliphatic rings. The van der Waals surface area contributed by atoms with Crippen LogP contribution in [-0.4, -0.2) is 48.2 Å². The standard InChI is InChI=1S/C18H26IN3O3/c1-18(2,3)25-17(24)21-15-8-10-22(11-9-15)12-16(23)20-14-6-4-13(19)5-7-14/h4-7,15H,8-12H2,1-3H3,(H,20,23)(H,21,24). The number of halogens is 1. The van der Waals surface area contributed by atoms with Gasteiger partial charge in [-0.15, -0.1) is 0 Å². The van der Waals surface area contributed by atoms with Gasteiger partial charge in [0, 0.05) is 28.4 Å². The molecule has 0 spiro atoms. The molecule has 0 atom stereocenters. The lowest BCUT2D eigenvalue weighted by Gasteiger charge is -2.32. The number of benzene rings is 1. The van der Waals surface area contributed by atoms with Crippen LogP contribution in [0.1, 0.15) is 33.6 Å². The van der Waals surface area contributed by atoms with Crippen molar-refractivity contribution in [2.75, 3.05) is 25.0 Å². The lowest BCUT2D eigenvalue weighted by molar-refractivity contribution is -0.117. The lowest BCUT2D eigenvalue weighted by atomic mass is 10.1. The summed E-state index contributed by atoms with van der Waals surface area (Å²) in [7, 11) is 0. The number of carbonyl (C=O) groups excluding carboxylic acids is 2. The molecule has 1 aliphatic heterocycles. The number of nitrogens with zero attached hydrogens (tertiary/aromatic N) is 1. The summed E-state index contributed by atoms with van der Waals surface area (Å²) in [6, 6.07) is 7.83. The van der Waals surface area contributed by atoms with Gasteiger partial charge < -0.3 is 15.4 Å². The first kappa shape index (κ1) is 20.0. The summed E-state index contributed by atoms with van der Waals surface area (Å²) in [5.74, 6) is -0.0141. The zero-order chi connectivity index (χ0) is 18.4. The number of likely N-dealkylation sites (tertiary alicyclic amines) is 1. The first-order chi connectivity index (χ1) is 11.7. The zero-order valence-corrected chi connectivity index (χ0v) is 17.1. The number of carbonyl (C=O) groups is 2. The van der Waals surface area contributed by atoms with E-state index in [-0.39, 0.29) is 18.0 Å². The van der Waals surface area contributed by atoms with Gasteiger partial charge in [-0.2, -0.15) is 0 Å². The third kappa shape index (κ3) is 7.60. The van der Waals surface area contributed by atoms with Crippen molar-refractivity contribution in [1.29, 1.82) is 0 Å². The van der Waals surface area contributed by atoms with Crippen LogP contribution in [0.15, 0.2) is 24.3 Å². The number of amides is 2. The molecule has 1 aromatic carbocycles. The van der Waals surface area contributed by atoms with Gasteiger partial charge in [0.2, 0.25) is 5.91 Å². The van der Waals surface area contributed by atoms with Crippen molar-refractivity contribution in [1.82, 2.24) is 10.2 Å². The molecule has 0 aliphatic carbocycles. The number of ether oxygens (including phenoxy) is 1. The van der Waals surface area contributed by atoms with Crippen molar-refractivity contribution in [2.45, 2.75) is 45.3 Å². The number of anilines is 1. The molecule has 138 valence electrons. The molecule has 1 saturated heterocycles. The Hall–Kier alpha value is -1.35. The number of nitrogens with one attached hydrogen (secondary N) is 2. The van der Waals surface area contributed by atoms with Crippen molar-refractivity contribution in [3.05, 3.63) is 27.8 Å². The largest absolute Gasteiger partial charge is 0.444 e. The smallest absolute Gasteiger partial charge is 0.407 e. The predicted molar refractivity (Wildman–Crippen MR) is 107 cm³/mol. The van der Waals surface area contributed by atoms with Crippen molar-refractivity contribution >= 4 is 40.3 Å². The van der Waals surface area contributed by atoms with Crippen LogP contribution in [0, 0.1) is 3.57 Å². The minimum atomic E-state index is -0.488. The molecular weight excluding hydrogens is 433 g/mol. The third-order valence-electron chi connectivity index (χ3n) is 3.80. The summed E-state index contributed by atoms with van der Waals surface area (Å²) < 4.78 is 6.41. The van der Waals surface area contributed by atoms with E-state index < -0.39 is 5.60 Å². The molecule has 1 aromatic rings. The maximum atomic E-state index is 12.1. The Balaban J connectivity index is 1.70. The van der Waals surface area contributed by atoms with Gasteiger partial charge in [-0.05, 0) is 80.5 Å². The fourth-order valence-corrected chi connectivity index (χ4v) is 3.01. The van der Waals surface area contributed by atoms with Crippen molar-refractivity contribution < 1.29 is 14.3 Å². The number of piperidine rings is 1. The van der Waals surface area contributed by atoms with Crippen molar-refractivity contribution in [3.63, 3.8) is 0 Å². The number of alkyl carbamates (subject to hydrolysis) is 1. The number of hydrogen-bond donors (Lipinski definition) is 2. The first-order valence-electron chi connectivity index (χ1n) is 8.48. The van der Waals surface area contributed by atoms with E-state index in [1.54, 1.807) is 0 Å². The highest BCUT2D eigenvalue weighted by Gasteiger charge is 2.24. The molecule has 1 heterocycles. The topological polar surface area (TPSA) is 70.7 Å². The minimum Gasteiger partial charge on any atom is -0.444 e. The first-order valence-corrected chi connectivity index (χ1v) is 9.56. The Morgan fingerprint density at radius 3 is 2.36 bits per heavy atom. The Morgan fingerprint density at radius 1 is 1.20 bits per heavy atom. The summed E-state index contributed by atoms with van der Waals surface area (Å²) in [6.45, 7) is 7.47. The highest BCUT2D eigenvalue weighted by Crippen LogP contribution is 2.14. The molecular formula is C18H26IN3O3. The van der Waals surface area contributed by atoms with Gasteiger partial charge in [0.25, 0.3) is 0 Å². The Labute approximate surface area is 162 Å². The average molecular weight is 459 g/mol. The van der Waals surface area contributed by atoms with E-state index >= 15 is 0 Å². The van der Waals surface area contributed by atoms with E-state index in [9.17, 15) is 9.59 Å². The van der Waals surface area contributed by atoms with Crippen LogP contribution in [0.5, 0.6) is 0 Å². The van der Waals surface area contributed by atoms with Gasteiger partial charge in [-0.1, -0.05) is 0 Å². The second kappa shape index (κ2) is 8.84. The van der Waals surface area contributed by atoms with Crippen LogP contribution in [0.2, 0.25) is 0 Å². The maximum absolute atomic E-state index is 12.1. The van der Waals surface area contributed by atoms with Gasteiger partial charge in [0.15, 0.2) is 0 Å². The Kier molecular flexibility index (Phi) is 7.06. The van der Waals surface area contributed by atoms with Crippen LogP contribution in [-0.2, 0) is 9.53 Å². The summed E-state index contributed by atoms with van der Waals surface area (Å²) >= 11 is 2.23. The highest BCUT2D eigenvalue weighted by molar-refractivity contribution is 14.1. The molecule has 1 fully saturated rings. The summed E-state index contributed by atoms with van der Waals surface area (Å²) in [6.07, 6.45) is 1.26. The average Bonchev–Trinajstić information content (AvgIpc) is 2.49. The van der Waals surface area contributed by atoms with E-state index in [1.165, 1.54) is 0 Å². The molecule has 2 amide bonds. The molecule has 25 heavy (non-hydrogen) atoms. The third-order valence-corrected chi connectivity index (χ3v) is 4.52. The molecule has 0 unspecified atom stereocenters. The predicted octanol–water partition coefficient (Wildman–Crippen LogP) is 3.22. The van der Waals surface area contributed by atoms with Crippen LogP contribution in [0.3, 0.4) is 0 Å². The molecule has 2 N–H and O–H groups in total. The summed E-state index contributed by atoms with van der Waals surface area (Å²) in [5, 5.41) is 5.82. The lowest BCUT2D eigenvalue weighted by Crippen LogP contribution is -2.47. The molecule has 6 nitrogen and oxygen atoms in total. The van der Waals surface area contributed by atoms with E-state index in [1.807, 2.05) is 45.0 Å². The summed E-state index contributed by atoms with van der Waals surface area (Å²) in [5.41, 5.74) is 0.324. The molecule has 0 bridgehead atoms. The second-order valence-electron chi connectivity index (χ2n) is 7.25. The van der Waals surface area contributed by atoms with E-state index in [0.29, 0.717) is 6.54 Å². The van der Waals surface area contributed by atoms with Gasteiger partial charge in [0.05, 0.1) is 6.54 Å². The fraction of sp³-hybridized carbons (Fsp3) is 0.556. The molecule has 7 heteroatoms. The molecule has 0 aromatic heterocycles. The normalized spacial score (nSPS) is 16.3. The van der Waals surface area contributed by atoms with Crippen molar-refractivity contribution in [2.24, 2.45) is 0 Å². The molecule has 0 radical (unpaired) electrons. The van der Waals surface area contributed by atoms with Crippen LogP contribution in [0.4, 0.5) is 10.5 Å². The van der Waals surface area contributed by atoms with E-state index in [2.05, 4.69) is 38.1 Å². The van der Waals surface area contributed by atoms with E-state index in [0.717, 1.165) is 35.2 Å². The number of hydrogen-bond acceptors (Lipinski definition) is 4. The number of rotatable bonds is 4. The highest BCUT2D eigenvalue weighted by atomic mass is 127. The van der Waals surface area contributed by atoms with Crippen LogP contribution in [0.25, 0.3) is 0 Å². The van der Waals surface area contributed by atoms with Gasteiger partial charge >= 0.3 is 6.09 Å². The fourth-order valence-electron chi connectivity index (χ4n) is 2.65. The van der Waals surface area contributed by atoms with Crippen LogP contribution < -0.4 is 10.6 Å². The Bertz CT molecular complexity index is 591. The maximum Gasteiger partial charge on any atom is 0.407 e. The van der Waals surface area contributed by atoms with Gasteiger partial charge in [0.1, 0.15) is 5.60 Å². The van der Waals surface area contributed by atoms with Crippen molar-refractivity contribution in [3.8, 4) is 0 Å². The van der Waals surface area contributed by atoms with Gasteiger partial charge in [-0.25, -0.2) is 4.79 Å². The van der Waals surface area contributed by atoms with Gasteiger partial charge in [-0.3, -0.25) is 9.69 Å². The second-order valence-corrected chi connectivity index (χ2v) is 8.50. The summed E-state index contributed by atoms with van der Waals surface area (Å²) in [4.78, 5) is 26.0. The Morgan fingerprint density at radius 2 is 1.80 bits per heavy atom. The monoisotopic (exact) mass is 459 g/mol. The van der Waals surface area contributed by atoms with E-state index in [4.69, 9.17) is 4.74 Å². The molecule has 0 saturated carbocycles. The SMILES string of the molecule is CC(C)(C)OC(=O)NC1CCN(CC(=O)Nc2ccc(I)cc2)CC1.